The van der Waals surface area contributed by atoms with Crippen LogP contribution in [-0.4, -0.2) is 34.6 Å². The van der Waals surface area contributed by atoms with Gasteiger partial charge in [0.2, 0.25) is 5.91 Å². The second-order valence-electron chi connectivity index (χ2n) is 7.32. The lowest BCUT2D eigenvalue weighted by atomic mass is 9.90. The normalized spacial score (nSPS) is 15.6. The van der Waals surface area contributed by atoms with Gasteiger partial charge in [0.15, 0.2) is 0 Å². The molecule has 1 amide bonds. The molecular weight excluding hydrogens is 376 g/mol. The number of halogens is 2. The molecule has 1 aromatic heterocycles. The third-order valence-electron chi connectivity index (χ3n) is 4.54. The van der Waals surface area contributed by atoms with Gasteiger partial charge in [0.05, 0.1) is 11.9 Å². The highest BCUT2D eigenvalue weighted by atomic mass is 19.3. The molecular formula is C22H27F2N3O2. The maximum Gasteiger partial charge on any atom is 0.286 e. The van der Waals surface area contributed by atoms with Crippen molar-refractivity contribution in [2.24, 2.45) is 10.9 Å². The molecule has 2 rings (SSSR count). The Kier molecular flexibility index (Phi) is 7.42. The van der Waals surface area contributed by atoms with Gasteiger partial charge >= 0.3 is 0 Å². The van der Waals surface area contributed by atoms with E-state index in [1.165, 1.54) is 24.4 Å². The van der Waals surface area contributed by atoms with Crippen molar-refractivity contribution < 1.29 is 18.3 Å². The molecule has 29 heavy (non-hydrogen) atoms. The van der Waals surface area contributed by atoms with Gasteiger partial charge in [-0.2, -0.15) is 8.78 Å². The predicted octanol–water partition coefficient (Wildman–Crippen LogP) is 4.88. The van der Waals surface area contributed by atoms with E-state index in [4.69, 9.17) is 4.74 Å². The van der Waals surface area contributed by atoms with Crippen molar-refractivity contribution in [2.75, 3.05) is 13.1 Å². The molecule has 0 N–H and O–H groups in total. The number of rotatable bonds is 7. The molecule has 0 unspecified atom stereocenters. The van der Waals surface area contributed by atoms with Gasteiger partial charge in [0.1, 0.15) is 17.2 Å². The van der Waals surface area contributed by atoms with E-state index in [0.29, 0.717) is 30.3 Å². The zero-order valence-corrected chi connectivity index (χ0v) is 17.1. The van der Waals surface area contributed by atoms with Crippen molar-refractivity contribution in [1.82, 2.24) is 9.88 Å². The van der Waals surface area contributed by atoms with Crippen molar-refractivity contribution in [2.45, 2.75) is 39.5 Å². The second kappa shape index (κ2) is 9.58. The second-order valence-corrected chi connectivity index (χ2v) is 7.32. The number of allylic oxidation sites excluding steroid dienone is 2. The van der Waals surface area contributed by atoms with Crippen molar-refractivity contribution in [3.8, 4) is 5.75 Å². The highest BCUT2D eigenvalue weighted by molar-refractivity contribution is 6.00. The number of pyridine rings is 1. The van der Waals surface area contributed by atoms with Crippen LogP contribution in [0.2, 0.25) is 0 Å². The van der Waals surface area contributed by atoms with Gasteiger partial charge in [-0.15, -0.1) is 0 Å². The first-order valence-corrected chi connectivity index (χ1v) is 9.45. The maximum atomic E-state index is 13.3. The number of amides is 1. The lowest BCUT2D eigenvalue weighted by molar-refractivity contribution is -0.127. The lowest BCUT2D eigenvalue weighted by Gasteiger charge is -2.32. The fourth-order valence-electron chi connectivity index (χ4n) is 3.00. The molecule has 1 aliphatic rings. The van der Waals surface area contributed by atoms with Crippen molar-refractivity contribution in [3.05, 3.63) is 60.8 Å². The summed E-state index contributed by atoms with van der Waals surface area (Å²) in [5.41, 5.74) is 1.38. The summed E-state index contributed by atoms with van der Waals surface area (Å²) in [4.78, 5) is 21.9. The standard InChI is InChI=1S/C22H27F2N3O2/c1-6-20(28)27-11-9-17(10-12-27)21(26-13-15(2)3)16(4)29-18-7-8-19(25-14-18)22(5,23)24/h6-8,13-14,17H,1,4,9-12H2,2-3,5H3. The zero-order valence-electron chi connectivity index (χ0n) is 17.1. The summed E-state index contributed by atoms with van der Waals surface area (Å²) < 4.78 is 32.4. The number of hydrogen-bond donors (Lipinski definition) is 0. The zero-order chi connectivity index (χ0) is 21.6. The van der Waals surface area contributed by atoms with Crippen LogP contribution in [0.25, 0.3) is 0 Å². The Morgan fingerprint density at radius 1 is 1.34 bits per heavy atom. The van der Waals surface area contributed by atoms with Gasteiger partial charge < -0.3 is 9.64 Å². The number of hydrogen-bond acceptors (Lipinski definition) is 4. The van der Waals surface area contributed by atoms with Crippen LogP contribution in [0.5, 0.6) is 5.75 Å². The minimum Gasteiger partial charge on any atom is -0.454 e. The summed E-state index contributed by atoms with van der Waals surface area (Å²) in [7, 11) is 0. The highest BCUT2D eigenvalue weighted by Gasteiger charge is 2.28. The Hall–Kier alpha value is -2.83. The van der Waals surface area contributed by atoms with E-state index in [1.807, 2.05) is 13.8 Å². The van der Waals surface area contributed by atoms with E-state index in [1.54, 1.807) is 11.1 Å². The molecule has 0 aromatic carbocycles. The molecule has 1 saturated heterocycles. The molecule has 0 atom stereocenters. The number of carbonyl (C=O) groups excluding carboxylic acids is 1. The molecule has 0 bridgehead atoms. The van der Waals surface area contributed by atoms with Crippen molar-refractivity contribution >= 4 is 11.6 Å². The molecule has 156 valence electrons. The first kappa shape index (κ1) is 22.5. The molecule has 5 nitrogen and oxygen atoms in total. The van der Waals surface area contributed by atoms with Crippen LogP contribution < -0.4 is 4.74 Å². The maximum absolute atomic E-state index is 13.3. The average Bonchev–Trinajstić information content (AvgIpc) is 2.67. The van der Waals surface area contributed by atoms with Crippen LogP contribution >= 0.6 is 0 Å². The average molecular weight is 403 g/mol. The number of aliphatic imine (C=N–C) groups is 1. The topological polar surface area (TPSA) is 54.8 Å². The summed E-state index contributed by atoms with van der Waals surface area (Å²) in [6.45, 7) is 13.4. The molecule has 1 aromatic rings. The van der Waals surface area contributed by atoms with Gasteiger partial charge in [-0.3, -0.25) is 14.8 Å². The lowest BCUT2D eigenvalue weighted by Crippen LogP contribution is -2.40. The summed E-state index contributed by atoms with van der Waals surface area (Å²) >= 11 is 0. The number of likely N-dealkylation sites (tertiary alicyclic amines) is 1. The molecule has 0 spiro atoms. The summed E-state index contributed by atoms with van der Waals surface area (Å²) in [5.74, 6) is -2.37. The highest BCUT2D eigenvalue weighted by Crippen LogP contribution is 2.28. The van der Waals surface area contributed by atoms with Crippen LogP contribution in [0.1, 0.15) is 39.3 Å². The van der Waals surface area contributed by atoms with Crippen LogP contribution in [-0.2, 0) is 10.7 Å². The first-order valence-electron chi connectivity index (χ1n) is 9.45. The number of nitrogens with zero attached hydrogens (tertiary/aromatic N) is 3. The number of ether oxygens (including phenoxy) is 1. The quantitative estimate of drug-likeness (QED) is 0.371. The van der Waals surface area contributed by atoms with Gasteiger partial charge in [-0.1, -0.05) is 18.7 Å². The Morgan fingerprint density at radius 2 is 2.00 bits per heavy atom. The molecule has 1 aliphatic heterocycles. The third kappa shape index (κ3) is 6.34. The summed E-state index contributed by atoms with van der Waals surface area (Å²) in [6, 6.07) is 2.67. The van der Waals surface area contributed by atoms with E-state index in [9.17, 15) is 13.6 Å². The Morgan fingerprint density at radius 3 is 2.48 bits per heavy atom. The predicted molar refractivity (Wildman–Crippen MR) is 110 cm³/mol. The van der Waals surface area contributed by atoms with Gasteiger partial charge in [0, 0.05) is 32.1 Å². The monoisotopic (exact) mass is 403 g/mol. The van der Waals surface area contributed by atoms with Crippen LogP contribution in [0.15, 0.2) is 60.1 Å². The summed E-state index contributed by atoms with van der Waals surface area (Å²) in [6.07, 6.45) is 5.75. The number of carbonyl (C=O) groups is 1. The fourth-order valence-corrected chi connectivity index (χ4v) is 3.00. The smallest absolute Gasteiger partial charge is 0.286 e. The third-order valence-corrected chi connectivity index (χ3v) is 4.54. The van der Waals surface area contributed by atoms with Crippen molar-refractivity contribution in [1.29, 1.82) is 0 Å². The number of alkyl halides is 2. The number of aromatic nitrogens is 1. The Bertz CT molecular complexity index is 811. The van der Waals surface area contributed by atoms with Crippen molar-refractivity contribution in [3.63, 3.8) is 0 Å². The Labute approximate surface area is 170 Å². The summed E-state index contributed by atoms with van der Waals surface area (Å²) in [5, 5.41) is 0. The van der Waals surface area contributed by atoms with E-state index < -0.39 is 5.92 Å². The molecule has 0 aliphatic carbocycles. The van der Waals surface area contributed by atoms with E-state index in [-0.39, 0.29) is 17.5 Å². The van der Waals surface area contributed by atoms with Gasteiger partial charge in [-0.25, -0.2) is 0 Å². The van der Waals surface area contributed by atoms with Crippen LogP contribution in [0.4, 0.5) is 8.78 Å². The SMILES string of the molecule is C=CC(=O)N1CCC(C(=NC=C(C)C)C(=C)Oc2ccc(C(C)(F)F)nc2)CC1. The first-order chi connectivity index (χ1) is 13.6. The molecule has 7 heteroatoms. The Balaban J connectivity index is 2.15. The van der Waals surface area contributed by atoms with E-state index in [2.05, 4.69) is 23.1 Å². The van der Waals surface area contributed by atoms with Gasteiger partial charge in [-0.05, 0) is 44.9 Å². The van der Waals surface area contributed by atoms with Crippen LogP contribution in [0, 0.1) is 5.92 Å². The fraction of sp³-hybridized carbons (Fsp3) is 0.409. The largest absolute Gasteiger partial charge is 0.454 e. The van der Waals surface area contributed by atoms with E-state index in [0.717, 1.165) is 25.3 Å². The number of piperidine rings is 1. The van der Waals surface area contributed by atoms with Crippen LogP contribution in [0.3, 0.4) is 0 Å². The van der Waals surface area contributed by atoms with E-state index >= 15 is 0 Å². The van der Waals surface area contributed by atoms with Gasteiger partial charge in [0.25, 0.3) is 5.92 Å². The minimum atomic E-state index is -3.01. The molecule has 2 heterocycles. The molecule has 0 radical (unpaired) electrons. The minimum absolute atomic E-state index is 0.0687. The molecule has 0 saturated carbocycles. The molecule has 1 fully saturated rings.